The van der Waals surface area contributed by atoms with E-state index in [1.54, 1.807) is 36.3 Å². The average Bonchev–Trinajstić information content (AvgIpc) is 3.15. The van der Waals surface area contributed by atoms with Crippen molar-refractivity contribution in [2.24, 2.45) is 0 Å². The third-order valence-electron chi connectivity index (χ3n) is 5.83. The van der Waals surface area contributed by atoms with Crippen LogP contribution in [0.4, 0.5) is 5.69 Å². The fraction of sp³-hybridized carbons (Fsp3) is 0.292. The SMILES string of the molecule is COc1ccc(-c2cc(=O)n(CCNS(=O)(=O)c3ccc4c(c3)CC(C)N4C(C)=O)cn2)cc1. The lowest BCUT2D eigenvalue weighted by Gasteiger charge is -2.20. The van der Waals surface area contributed by atoms with Crippen LogP contribution in [0.1, 0.15) is 19.4 Å². The van der Waals surface area contributed by atoms with Crippen molar-refractivity contribution in [2.45, 2.75) is 37.8 Å². The first kappa shape index (κ1) is 23.7. The van der Waals surface area contributed by atoms with Gasteiger partial charge in [0.1, 0.15) is 5.75 Å². The van der Waals surface area contributed by atoms with Crippen LogP contribution in [0.15, 0.2) is 64.5 Å². The molecule has 0 radical (unpaired) electrons. The second-order valence-electron chi connectivity index (χ2n) is 8.16. The standard InChI is InChI=1S/C24H26N4O5S/c1-16-12-19-13-21(8-9-23(19)28(16)17(2)29)34(31,32)26-10-11-27-15-25-22(14-24(27)30)18-4-6-20(33-3)7-5-18/h4-9,13-16,26H,10-12H2,1-3H3. The first-order valence-electron chi connectivity index (χ1n) is 10.8. The number of rotatable bonds is 7. The van der Waals surface area contributed by atoms with Gasteiger partial charge in [0.05, 0.1) is 24.0 Å². The van der Waals surface area contributed by atoms with Gasteiger partial charge >= 0.3 is 0 Å². The van der Waals surface area contributed by atoms with Crippen LogP contribution >= 0.6 is 0 Å². The van der Waals surface area contributed by atoms with Crippen molar-refractivity contribution >= 4 is 21.6 Å². The molecule has 9 nitrogen and oxygen atoms in total. The minimum Gasteiger partial charge on any atom is -0.497 e. The molecule has 178 valence electrons. The Morgan fingerprint density at radius 3 is 2.56 bits per heavy atom. The number of fused-ring (bicyclic) bond motifs is 1. The molecule has 0 aliphatic carbocycles. The zero-order valence-corrected chi connectivity index (χ0v) is 20.0. The van der Waals surface area contributed by atoms with E-state index >= 15 is 0 Å². The maximum Gasteiger partial charge on any atom is 0.253 e. The summed E-state index contributed by atoms with van der Waals surface area (Å²) < 4.78 is 34.6. The van der Waals surface area contributed by atoms with Gasteiger partial charge in [0.2, 0.25) is 15.9 Å². The summed E-state index contributed by atoms with van der Waals surface area (Å²) in [6.45, 7) is 3.59. The molecule has 1 aromatic heterocycles. The molecular weight excluding hydrogens is 456 g/mol. The number of methoxy groups -OCH3 is 1. The van der Waals surface area contributed by atoms with Crippen molar-refractivity contribution in [3.8, 4) is 17.0 Å². The predicted octanol–water partition coefficient (Wildman–Crippen LogP) is 2.19. The van der Waals surface area contributed by atoms with Crippen molar-refractivity contribution in [2.75, 3.05) is 18.6 Å². The molecule has 1 aliphatic heterocycles. The fourth-order valence-electron chi connectivity index (χ4n) is 4.15. The van der Waals surface area contributed by atoms with E-state index < -0.39 is 10.0 Å². The molecule has 10 heteroatoms. The lowest BCUT2D eigenvalue weighted by molar-refractivity contribution is -0.116. The largest absolute Gasteiger partial charge is 0.497 e. The van der Waals surface area contributed by atoms with Gasteiger partial charge < -0.3 is 9.64 Å². The van der Waals surface area contributed by atoms with Gasteiger partial charge in [-0.25, -0.2) is 18.1 Å². The zero-order chi connectivity index (χ0) is 24.5. The summed E-state index contributed by atoms with van der Waals surface area (Å²) >= 11 is 0. The van der Waals surface area contributed by atoms with Gasteiger partial charge in [-0.15, -0.1) is 0 Å². The number of carbonyl (C=O) groups is 1. The van der Waals surface area contributed by atoms with E-state index in [-0.39, 0.29) is 35.5 Å². The van der Waals surface area contributed by atoms with Gasteiger partial charge in [-0.1, -0.05) is 0 Å². The van der Waals surface area contributed by atoms with Crippen LogP contribution < -0.4 is 19.9 Å². The molecule has 0 saturated carbocycles. The van der Waals surface area contributed by atoms with Crippen molar-refractivity contribution < 1.29 is 17.9 Å². The summed E-state index contributed by atoms with van der Waals surface area (Å²) in [5.41, 5.74) is 2.58. The van der Waals surface area contributed by atoms with Crippen LogP contribution in [0.3, 0.4) is 0 Å². The number of anilines is 1. The molecule has 0 saturated heterocycles. The van der Waals surface area contributed by atoms with Crippen molar-refractivity contribution in [1.29, 1.82) is 0 Å². The molecule has 0 bridgehead atoms. The number of amides is 1. The van der Waals surface area contributed by atoms with Crippen molar-refractivity contribution in [3.63, 3.8) is 0 Å². The lowest BCUT2D eigenvalue weighted by Crippen LogP contribution is -2.33. The molecule has 0 fully saturated rings. The summed E-state index contributed by atoms with van der Waals surface area (Å²) in [4.78, 5) is 30.5. The third kappa shape index (κ3) is 4.73. The van der Waals surface area contributed by atoms with E-state index in [4.69, 9.17) is 4.74 Å². The van der Waals surface area contributed by atoms with Crippen molar-refractivity contribution in [1.82, 2.24) is 14.3 Å². The maximum absolute atomic E-state index is 12.8. The lowest BCUT2D eigenvalue weighted by atomic mass is 10.1. The molecule has 1 unspecified atom stereocenters. The van der Waals surface area contributed by atoms with E-state index in [0.717, 1.165) is 16.8 Å². The molecule has 3 aromatic rings. The number of hydrogen-bond donors (Lipinski definition) is 1. The normalized spacial score (nSPS) is 15.3. The van der Waals surface area contributed by atoms with Gasteiger partial charge in [0, 0.05) is 43.4 Å². The number of nitrogens with zero attached hydrogens (tertiary/aromatic N) is 3. The van der Waals surface area contributed by atoms with Gasteiger partial charge in [0.25, 0.3) is 5.56 Å². The number of sulfonamides is 1. The molecule has 1 aliphatic rings. The fourth-order valence-corrected chi connectivity index (χ4v) is 5.22. The highest BCUT2D eigenvalue weighted by Gasteiger charge is 2.30. The summed E-state index contributed by atoms with van der Waals surface area (Å²) in [7, 11) is -2.20. The molecule has 4 rings (SSSR count). The average molecular weight is 483 g/mol. The van der Waals surface area contributed by atoms with Crippen LogP contribution in [0.25, 0.3) is 11.3 Å². The Morgan fingerprint density at radius 2 is 1.91 bits per heavy atom. The maximum atomic E-state index is 12.8. The van der Waals surface area contributed by atoms with Gasteiger partial charge in [-0.3, -0.25) is 14.2 Å². The van der Waals surface area contributed by atoms with E-state index in [0.29, 0.717) is 17.9 Å². The van der Waals surface area contributed by atoms with Crippen LogP contribution in [0.2, 0.25) is 0 Å². The van der Waals surface area contributed by atoms with E-state index in [1.807, 2.05) is 19.1 Å². The Labute approximate surface area is 198 Å². The topological polar surface area (TPSA) is 111 Å². The van der Waals surface area contributed by atoms with Gasteiger partial charge in [-0.05, 0) is 61.4 Å². The molecule has 1 N–H and O–H groups in total. The highest BCUT2D eigenvalue weighted by molar-refractivity contribution is 7.89. The van der Waals surface area contributed by atoms with Crippen LogP contribution in [-0.4, -0.2) is 43.6 Å². The Morgan fingerprint density at radius 1 is 1.18 bits per heavy atom. The molecule has 34 heavy (non-hydrogen) atoms. The third-order valence-corrected chi connectivity index (χ3v) is 7.28. The predicted molar refractivity (Wildman–Crippen MR) is 128 cm³/mol. The van der Waals surface area contributed by atoms with Crippen LogP contribution in [0, 0.1) is 0 Å². The Kier molecular flexibility index (Phi) is 6.54. The Hall–Kier alpha value is -3.50. The van der Waals surface area contributed by atoms with Gasteiger partial charge in [0.15, 0.2) is 0 Å². The second kappa shape index (κ2) is 9.40. The molecule has 2 aromatic carbocycles. The minimum atomic E-state index is -3.78. The highest BCUT2D eigenvalue weighted by atomic mass is 32.2. The molecule has 0 spiro atoms. The quantitative estimate of drug-likeness (QED) is 0.553. The van der Waals surface area contributed by atoms with Crippen LogP contribution in [-0.2, 0) is 27.8 Å². The van der Waals surface area contributed by atoms with Gasteiger partial charge in [-0.2, -0.15) is 0 Å². The number of hydrogen-bond acceptors (Lipinski definition) is 6. The van der Waals surface area contributed by atoms with E-state index in [9.17, 15) is 18.0 Å². The Bertz CT molecular complexity index is 1380. The summed E-state index contributed by atoms with van der Waals surface area (Å²) in [5, 5.41) is 0. The summed E-state index contributed by atoms with van der Waals surface area (Å²) in [6, 6.07) is 13.4. The molecule has 2 heterocycles. The number of benzene rings is 2. The molecule has 1 atom stereocenters. The summed E-state index contributed by atoms with van der Waals surface area (Å²) in [5.74, 6) is 0.635. The monoisotopic (exact) mass is 482 g/mol. The van der Waals surface area contributed by atoms with E-state index in [2.05, 4.69) is 9.71 Å². The van der Waals surface area contributed by atoms with Crippen molar-refractivity contribution in [3.05, 3.63) is 70.8 Å². The van der Waals surface area contributed by atoms with E-state index in [1.165, 1.54) is 30.0 Å². The molecule has 1 amide bonds. The minimum absolute atomic E-state index is 0.0151. The number of nitrogens with one attached hydrogen (secondary N) is 1. The smallest absolute Gasteiger partial charge is 0.253 e. The number of carbonyl (C=O) groups excluding carboxylic acids is 1. The number of ether oxygens (including phenoxy) is 1. The first-order valence-corrected chi connectivity index (χ1v) is 12.3. The second-order valence-corrected chi connectivity index (χ2v) is 9.93. The zero-order valence-electron chi connectivity index (χ0n) is 19.2. The first-order chi connectivity index (χ1) is 16.2. The highest BCUT2D eigenvalue weighted by Crippen LogP contribution is 2.33. The number of aromatic nitrogens is 2. The molecular formula is C24H26N4O5S. The van der Waals surface area contributed by atoms with Crippen LogP contribution in [0.5, 0.6) is 5.75 Å². The Balaban J connectivity index is 1.42. The summed E-state index contributed by atoms with van der Waals surface area (Å²) in [6.07, 6.45) is 2.00.